The summed E-state index contributed by atoms with van der Waals surface area (Å²) in [5.74, 6) is 0.421. The van der Waals surface area contributed by atoms with Crippen molar-refractivity contribution in [3.05, 3.63) is 0 Å². The first-order valence-electron chi connectivity index (χ1n) is 8.17. The summed E-state index contributed by atoms with van der Waals surface area (Å²) in [6, 6.07) is -0.0461. The lowest BCUT2D eigenvalue weighted by Crippen LogP contribution is -2.45. The number of aliphatic hydroxyl groups is 1. The second kappa shape index (κ2) is 6.79. The third-order valence-electron chi connectivity index (χ3n) is 4.95. The molecule has 0 bridgehead atoms. The molecule has 0 radical (unpaired) electrons. The second-order valence-electron chi connectivity index (χ2n) is 7.17. The van der Waals surface area contributed by atoms with Crippen LogP contribution in [0.2, 0.25) is 0 Å². The number of nitrogens with zero attached hydrogens (tertiary/aromatic N) is 1. The van der Waals surface area contributed by atoms with Crippen molar-refractivity contribution < 1.29 is 9.90 Å². The molecule has 2 aliphatic carbocycles. The van der Waals surface area contributed by atoms with E-state index in [9.17, 15) is 9.90 Å². The van der Waals surface area contributed by atoms with E-state index in [4.69, 9.17) is 0 Å². The molecule has 116 valence electrons. The van der Waals surface area contributed by atoms with Crippen molar-refractivity contribution in [1.82, 2.24) is 10.2 Å². The summed E-state index contributed by atoms with van der Waals surface area (Å²) in [6.45, 7) is 3.50. The summed E-state index contributed by atoms with van der Waals surface area (Å²) in [5.41, 5.74) is 0.252. The van der Waals surface area contributed by atoms with Crippen LogP contribution in [-0.4, -0.2) is 42.3 Å². The Morgan fingerprint density at radius 3 is 2.45 bits per heavy atom. The molecule has 1 unspecified atom stereocenters. The Balaban J connectivity index is 1.72. The Kier molecular flexibility index (Phi) is 5.30. The molecule has 2 rings (SSSR count). The van der Waals surface area contributed by atoms with E-state index in [2.05, 4.69) is 12.2 Å². The number of carbonyl (C=O) groups excluding carboxylic acids is 1. The van der Waals surface area contributed by atoms with Gasteiger partial charge in [0.1, 0.15) is 0 Å². The zero-order valence-corrected chi connectivity index (χ0v) is 13.0. The molecule has 4 heteroatoms. The lowest BCUT2D eigenvalue weighted by molar-refractivity contribution is 0.112. The number of hydrogen-bond acceptors (Lipinski definition) is 2. The van der Waals surface area contributed by atoms with Crippen LogP contribution in [0.15, 0.2) is 0 Å². The molecule has 0 aliphatic heterocycles. The van der Waals surface area contributed by atoms with Gasteiger partial charge in [-0.05, 0) is 37.0 Å². The smallest absolute Gasteiger partial charge is 0.317 e. The number of hydrogen-bond donors (Lipinski definition) is 2. The van der Waals surface area contributed by atoms with Crippen molar-refractivity contribution in [3.63, 3.8) is 0 Å². The molecular formula is C16H30N2O2. The van der Waals surface area contributed by atoms with Crippen LogP contribution in [0.4, 0.5) is 4.79 Å². The molecule has 2 N–H and O–H groups in total. The molecule has 2 aliphatic rings. The van der Waals surface area contributed by atoms with Gasteiger partial charge in [-0.1, -0.05) is 32.6 Å². The van der Waals surface area contributed by atoms with Crippen molar-refractivity contribution in [2.45, 2.75) is 64.4 Å². The van der Waals surface area contributed by atoms with Gasteiger partial charge in [0.2, 0.25) is 0 Å². The van der Waals surface area contributed by atoms with Gasteiger partial charge < -0.3 is 15.3 Å². The summed E-state index contributed by atoms with van der Waals surface area (Å²) in [6.07, 6.45) is 9.51. The van der Waals surface area contributed by atoms with Crippen molar-refractivity contribution in [2.75, 3.05) is 20.1 Å². The maximum Gasteiger partial charge on any atom is 0.317 e. The Labute approximate surface area is 122 Å². The molecule has 2 saturated carbocycles. The van der Waals surface area contributed by atoms with Crippen molar-refractivity contribution in [1.29, 1.82) is 0 Å². The van der Waals surface area contributed by atoms with Crippen LogP contribution < -0.4 is 5.32 Å². The lowest BCUT2D eigenvalue weighted by atomic mass is 9.82. The number of carbonyl (C=O) groups is 1. The minimum atomic E-state index is -0.348. The van der Waals surface area contributed by atoms with Crippen LogP contribution in [0, 0.1) is 11.3 Å². The van der Waals surface area contributed by atoms with Crippen LogP contribution in [0.1, 0.15) is 58.3 Å². The quantitative estimate of drug-likeness (QED) is 0.762. The predicted octanol–water partition coefficient (Wildman–Crippen LogP) is 2.76. The average molecular weight is 282 g/mol. The second-order valence-corrected chi connectivity index (χ2v) is 7.17. The maximum atomic E-state index is 12.1. The molecule has 2 fully saturated rings. The highest BCUT2D eigenvalue weighted by molar-refractivity contribution is 5.73. The van der Waals surface area contributed by atoms with Crippen molar-refractivity contribution in [3.8, 4) is 0 Å². The van der Waals surface area contributed by atoms with Crippen LogP contribution in [0.3, 0.4) is 0 Å². The van der Waals surface area contributed by atoms with E-state index in [1.165, 1.54) is 38.5 Å². The highest BCUT2D eigenvalue weighted by Gasteiger charge is 2.31. The summed E-state index contributed by atoms with van der Waals surface area (Å²) < 4.78 is 0. The SMILES string of the molecule is CN(CC(O)C1CC1)C(=O)NCC1(C)CCCCCC1. The largest absolute Gasteiger partial charge is 0.391 e. The van der Waals surface area contributed by atoms with Crippen LogP contribution in [0.5, 0.6) is 0 Å². The number of aliphatic hydroxyl groups excluding tert-OH is 1. The van der Waals surface area contributed by atoms with Gasteiger partial charge in [-0.2, -0.15) is 0 Å². The molecule has 0 saturated heterocycles. The van der Waals surface area contributed by atoms with Crippen LogP contribution in [-0.2, 0) is 0 Å². The van der Waals surface area contributed by atoms with Gasteiger partial charge in [-0.3, -0.25) is 0 Å². The number of rotatable bonds is 5. The minimum absolute atomic E-state index is 0.0461. The molecule has 0 spiro atoms. The first-order chi connectivity index (χ1) is 9.50. The lowest BCUT2D eigenvalue weighted by Gasteiger charge is -2.30. The standard InChI is InChI=1S/C16H30N2O2/c1-16(9-5-3-4-6-10-16)12-17-15(20)18(2)11-14(19)13-7-8-13/h13-14,19H,3-12H2,1-2H3,(H,17,20). The zero-order chi connectivity index (χ0) is 14.6. The molecular weight excluding hydrogens is 252 g/mol. The van der Waals surface area contributed by atoms with E-state index in [0.29, 0.717) is 12.5 Å². The average Bonchev–Trinajstić information content (AvgIpc) is 3.23. The van der Waals surface area contributed by atoms with Gasteiger partial charge in [0.15, 0.2) is 0 Å². The van der Waals surface area contributed by atoms with Gasteiger partial charge in [0, 0.05) is 20.1 Å². The minimum Gasteiger partial charge on any atom is -0.391 e. The number of amides is 2. The molecule has 1 atom stereocenters. The fourth-order valence-electron chi connectivity index (χ4n) is 3.18. The Hall–Kier alpha value is -0.770. The Morgan fingerprint density at radius 2 is 1.90 bits per heavy atom. The van der Waals surface area contributed by atoms with E-state index in [-0.39, 0.29) is 17.6 Å². The molecule has 0 aromatic carbocycles. The van der Waals surface area contributed by atoms with Crippen LogP contribution in [0.25, 0.3) is 0 Å². The van der Waals surface area contributed by atoms with E-state index in [0.717, 1.165) is 19.4 Å². The number of nitrogens with one attached hydrogen (secondary N) is 1. The number of urea groups is 1. The van der Waals surface area contributed by atoms with Crippen molar-refractivity contribution in [2.24, 2.45) is 11.3 Å². The monoisotopic (exact) mass is 282 g/mol. The van der Waals surface area contributed by atoms with Gasteiger partial charge in [-0.25, -0.2) is 4.79 Å². The summed E-state index contributed by atoms with van der Waals surface area (Å²) in [7, 11) is 1.77. The highest BCUT2D eigenvalue weighted by atomic mass is 16.3. The molecule has 0 heterocycles. The normalized spacial score (nSPS) is 23.8. The predicted molar refractivity (Wildman–Crippen MR) is 80.6 cm³/mol. The van der Waals surface area contributed by atoms with Gasteiger partial charge >= 0.3 is 6.03 Å². The first-order valence-corrected chi connectivity index (χ1v) is 8.17. The Morgan fingerprint density at radius 1 is 1.30 bits per heavy atom. The third kappa shape index (κ3) is 4.65. The van der Waals surface area contributed by atoms with E-state index < -0.39 is 0 Å². The Bertz CT molecular complexity index is 320. The highest BCUT2D eigenvalue weighted by Crippen LogP contribution is 2.34. The van der Waals surface area contributed by atoms with E-state index in [1.807, 2.05) is 0 Å². The first kappa shape index (κ1) is 15.6. The molecule has 4 nitrogen and oxygen atoms in total. The van der Waals surface area contributed by atoms with E-state index >= 15 is 0 Å². The topological polar surface area (TPSA) is 52.6 Å². The van der Waals surface area contributed by atoms with Crippen LogP contribution >= 0.6 is 0 Å². The van der Waals surface area contributed by atoms with Crippen molar-refractivity contribution >= 4 is 6.03 Å². The summed E-state index contributed by atoms with van der Waals surface area (Å²) in [5, 5.41) is 13.0. The maximum absolute atomic E-state index is 12.1. The molecule has 0 aromatic rings. The summed E-state index contributed by atoms with van der Waals surface area (Å²) >= 11 is 0. The van der Waals surface area contributed by atoms with E-state index in [1.54, 1.807) is 11.9 Å². The molecule has 0 aromatic heterocycles. The van der Waals surface area contributed by atoms with Gasteiger partial charge in [0.25, 0.3) is 0 Å². The van der Waals surface area contributed by atoms with Gasteiger partial charge in [0.05, 0.1) is 6.10 Å². The molecule has 20 heavy (non-hydrogen) atoms. The fourth-order valence-corrected chi connectivity index (χ4v) is 3.18. The number of likely N-dealkylation sites (N-methyl/N-ethyl adjacent to an activating group) is 1. The fraction of sp³-hybridized carbons (Fsp3) is 0.938. The third-order valence-corrected chi connectivity index (χ3v) is 4.95. The zero-order valence-electron chi connectivity index (χ0n) is 13.0. The van der Waals surface area contributed by atoms with Gasteiger partial charge in [-0.15, -0.1) is 0 Å². The summed E-state index contributed by atoms with van der Waals surface area (Å²) in [4.78, 5) is 13.7. The molecule has 2 amide bonds.